The molecule has 2 rings (SSSR count). The van der Waals surface area contributed by atoms with Crippen molar-refractivity contribution in [2.24, 2.45) is 5.41 Å². The van der Waals surface area contributed by atoms with Crippen molar-refractivity contribution in [2.75, 3.05) is 0 Å². The van der Waals surface area contributed by atoms with Gasteiger partial charge in [-0.2, -0.15) is 0 Å². The first-order valence-electron chi connectivity index (χ1n) is 5.53. The van der Waals surface area contributed by atoms with E-state index in [0.717, 1.165) is 16.8 Å². The second kappa shape index (κ2) is 3.48. The van der Waals surface area contributed by atoms with Crippen molar-refractivity contribution in [2.45, 2.75) is 27.7 Å². The van der Waals surface area contributed by atoms with Crippen LogP contribution in [0.5, 0.6) is 0 Å². The molecular formula is C14H17NO. The Bertz CT molecular complexity index is 543. The lowest BCUT2D eigenvalue weighted by Gasteiger charge is -2.17. The lowest BCUT2D eigenvalue weighted by atomic mass is 9.88. The standard InChI is InChI=1S/C14H17NO/c1-10-9-11-7-5-6-8-15(11)12(10)13(16)14(2,3)4/h5-9H,1-4H3. The van der Waals surface area contributed by atoms with Crippen LogP contribution < -0.4 is 0 Å². The van der Waals surface area contributed by atoms with Crippen LogP contribution in [-0.2, 0) is 0 Å². The SMILES string of the molecule is Cc1cc2ccccn2c1C(=O)C(C)(C)C. The average molecular weight is 215 g/mol. The number of Topliss-reactive ketones (excluding diaryl/α,β-unsaturated/α-hetero) is 1. The van der Waals surface area contributed by atoms with Crippen molar-refractivity contribution in [3.8, 4) is 0 Å². The Balaban J connectivity index is 2.69. The van der Waals surface area contributed by atoms with E-state index < -0.39 is 0 Å². The molecule has 0 spiro atoms. The Morgan fingerprint density at radius 1 is 1.25 bits per heavy atom. The molecule has 0 radical (unpaired) electrons. The van der Waals surface area contributed by atoms with Crippen LogP contribution in [0.25, 0.3) is 5.52 Å². The third-order valence-corrected chi connectivity index (χ3v) is 2.77. The number of ketones is 1. The summed E-state index contributed by atoms with van der Waals surface area (Å²) in [5, 5.41) is 0. The molecule has 2 aromatic heterocycles. The number of fused-ring (bicyclic) bond motifs is 1. The van der Waals surface area contributed by atoms with E-state index in [1.54, 1.807) is 0 Å². The molecule has 2 nitrogen and oxygen atoms in total. The molecule has 0 bridgehead atoms. The van der Waals surface area contributed by atoms with Gasteiger partial charge in [-0.25, -0.2) is 0 Å². The number of aromatic nitrogens is 1. The third kappa shape index (κ3) is 1.64. The number of nitrogens with zero attached hydrogens (tertiary/aromatic N) is 1. The smallest absolute Gasteiger partial charge is 0.185 e. The number of hydrogen-bond donors (Lipinski definition) is 0. The van der Waals surface area contributed by atoms with E-state index in [1.807, 2.05) is 56.5 Å². The molecule has 0 unspecified atom stereocenters. The van der Waals surface area contributed by atoms with Crippen LogP contribution in [0.2, 0.25) is 0 Å². The molecule has 0 fully saturated rings. The molecule has 2 heteroatoms. The van der Waals surface area contributed by atoms with Gasteiger partial charge in [-0.15, -0.1) is 0 Å². The second-order valence-electron chi connectivity index (χ2n) is 5.25. The molecule has 2 aromatic rings. The summed E-state index contributed by atoms with van der Waals surface area (Å²) < 4.78 is 1.98. The van der Waals surface area contributed by atoms with Crippen LogP contribution in [0.3, 0.4) is 0 Å². The van der Waals surface area contributed by atoms with Crippen molar-refractivity contribution < 1.29 is 4.79 Å². The lowest BCUT2D eigenvalue weighted by Crippen LogP contribution is -2.22. The van der Waals surface area contributed by atoms with E-state index >= 15 is 0 Å². The summed E-state index contributed by atoms with van der Waals surface area (Å²) in [6, 6.07) is 8.01. The third-order valence-electron chi connectivity index (χ3n) is 2.77. The number of hydrogen-bond acceptors (Lipinski definition) is 1. The van der Waals surface area contributed by atoms with Gasteiger partial charge in [0.05, 0.1) is 5.69 Å². The van der Waals surface area contributed by atoms with E-state index in [1.165, 1.54) is 0 Å². The van der Waals surface area contributed by atoms with Gasteiger partial charge < -0.3 is 4.40 Å². The first kappa shape index (κ1) is 10.9. The van der Waals surface area contributed by atoms with Gasteiger partial charge in [-0.3, -0.25) is 4.79 Å². The Hall–Kier alpha value is -1.57. The molecule has 2 heterocycles. The van der Waals surface area contributed by atoms with Crippen molar-refractivity contribution in [1.82, 2.24) is 4.40 Å². The summed E-state index contributed by atoms with van der Waals surface area (Å²) in [5.74, 6) is 0.191. The summed E-state index contributed by atoms with van der Waals surface area (Å²) in [5.41, 5.74) is 2.59. The van der Waals surface area contributed by atoms with Gasteiger partial charge in [-0.05, 0) is 30.7 Å². The van der Waals surface area contributed by atoms with Crippen molar-refractivity contribution in [3.63, 3.8) is 0 Å². The summed E-state index contributed by atoms with van der Waals surface area (Å²) in [4.78, 5) is 12.3. The van der Waals surface area contributed by atoms with Crippen LogP contribution in [0.1, 0.15) is 36.8 Å². The average Bonchev–Trinajstić information content (AvgIpc) is 2.51. The van der Waals surface area contributed by atoms with Gasteiger partial charge in [0.1, 0.15) is 0 Å². The van der Waals surface area contributed by atoms with Gasteiger partial charge in [0.15, 0.2) is 5.78 Å². The maximum Gasteiger partial charge on any atom is 0.185 e. The lowest BCUT2D eigenvalue weighted by molar-refractivity contribution is 0.0851. The second-order valence-corrected chi connectivity index (χ2v) is 5.25. The van der Waals surface area contributed by atoms with Crippen LogP contribution >= 0.6 is 0 Å². The first-order chi connectivity index (χ1) is 7.41. The Morgan fingerprint density at radius 2 is 1.94 bits per heavy atom. The fourth-order valence-corrected chi connectivity index (χ4v) is 1.90. The monoisotopic (exact) mass is 215 g/mol. The fourth-order valence-electron chi connectivity index (χ4n) is 1.90. The van der Waals surface area contributed by atoms with Crippen molar-refractivity contribution in [1.29, 1.82) is 0 Å². The summed E-state index contributed by atoms with van der Waals surface area (Å²) >= 11 is 0. The number of pyridine rings is 1. The van der Waals surface area contributed by atoms with Crippen LogP contribution in [0.15, 0.2) is 30.5 Å². The highest BCUT2D eigenvalue weighted by Gasteiger charge is 2.26. The van der Waals surface area contributed by atoms with E-state index in [9.17, 15) is 4.79 Å². The van der Waals surface area contributed by atoms with E-state index in [2.05, 4.69) is 6.07 Å². The molecule has 0 amide bonds. The fraction of sp³-hybridized carbons (Fsp3) is 0.357. The number of aryl methyl sites for hydroxylation is 1. The van der Waals surface area contributed by atoms with Gasteiger partial charge in [0, 0.05) is 17.1 Å². The molecule has 0 saturated carbocycles. The van der Waals surface area contributed by atoms with Gasteiger partial charge in [0.25, 0.3) is 0 Å². The molecule has 0 aliphatic heterocycles. The minimum absolute atomic E-state index is 0.191. The summed E-state index contributed by atoms with van der Waals surface area (Å²) in [7, 11) is 0. The van der Waals surface area contributed by atoms with Crippen LogP contribution in [0, 0.1) is 12.3 Å². The zero-order chi connectivity index (χ0) is 11.9. The highest BCUT2D eigenvalue weighted by molar-refractivity contribution is 6.00. The molecule has 84 valence electrons. The summed E-state index contributed by atoms with van der Waals surface area (Å²) in [6.07, 6.45) is 1.95. The van der Waals surface area contributed by atoms with E-state index in [4.69, 9.17) is 0 Å². The molecule has 0 aliphatic rings. The van der Waals surface area contributed by atoms with Crippen LogP contribution in [0.4, 0.5) is 0 Å². The zero-order valence-corrected chi connectivity index (χ0v) is 10.2. The van der Waals surface area contributed by atoms with Crippen LogP contribution in [-0.4, -0.2) is 10.2 Å². The maximum atomic E-state index is 12.3. The molecule has 0 N–H and O–H groups in total. The number of carbonyl (C=O) groups excluding carboxylic acids is 1. The quantitative estimate of drug-likeness (QED) is 0.667. The largest absolute Gasteiger partial charge is 0.314 e. The molecule has 0 aliphatic carbocycles. The Morgan fingerprint density at radius 3 is 2.56 bits per heavy atom. The normalized spacial score (nSPS) is 12.0. The van der Waals surface area contributed by atoms with Crippen molar-refractivity contribution in [3.05, 3.63) is 41.7 Å². The number of carbonyl (C=O) groups is 1. The minimum Gasteiger partial charge on any atom is -0.314 e. The minimum atomic E-state index is -0.338. The highest BCUT2D eigenvalue weighted by Crippen LogP contribution is 2.25. The molecular weight excluding hydrogens is 198 g/mol. The Kier molecular flexibility index (Phi) is 2.38. The Labute approximate surface area is 95.9 Å². The predicted molar refractivity (Wildman–Crippen MR) is 65.9 cm³/mol. The zero-order valence-electron chi connectivity index (χ0n) is 10.2. The van der Waals surface area contributed by atoms with E-state index in [-0.39, 0.29) is 11.2 Å². The van der Waals surface area contributed by atoms with Crippen molar-refractivity contribution >= 4 is 11.3 Å². The molecule has 0 saturated heterocycles. The maximum absolute atomic E-state index is 12.3. The molecule has 0 atom stereocenters. The summed E-state index contributed by atoms with van der Waals surface area (Å²) in [6.45, 7) is 7.86. The van der Waals surface area contributed by atoms with Gasteiger partial charge in [0.2, 0.25) is 0 Å². The first-order valence-corrected chi connectivity index (χ1v) is 5.53. The topological polar surface area (TPSA) is 21.5 Å². The van der Waals surface area contributed by atoms with E-state index in [0.29, 0.717) is 0 Å². The van der Waals surface area contributed by atoms with Gasteiger partial charge >= 0.3 is 0 Å². The predicted octanol–water partition coefficient (Wildman–Crippen LogP) is 3.48. The molecule has 0 aromatic carbocycles. The molecule has 16 heavy (non-hydrogen) atoms. The number of rotatable bonds is 1. The highest BCUT2D eigenvalue weighted by atomic mass is 16.1. The van der Waals surface area contributed by atoms with Gasteiger partial charge in [-0.1, -0.05) is 26.8 Å².